The molecule has 4 nitrogen and oxygen atoms in total. The predicted molar refractivity (Wildman–Crippen MR) is 113 cm³/mol. The molecule has 28 heavy (non-hydrogen) atoms. The molecular formula is C24H37N3O. The lowest BCUT2D eigenvalue weighted by atomic mass is 9.65. The summed E-state index contributed by atoms with van der Waals surface area (Å²) in [5.41, 5.74) is 9.02. The molecule has 154 valence electrons. The Labute approximate surface area is 170 Å². The van der Waals surface area contributed by atoms with Crippen LogP contribution in [0, 0.1) is 23.7 Å². The number of carbonyl (C=O) groups is 1. The molecule has 2 saturated carbocycles. The molecule has 0 spiro atoms. The number of hydrogen-bond acceptors (Lipinski definition) is 3. The van der Waals surface area contributed by atoms with Gasteiger partial charge in [0.15, 0.2) is 0 Å². The van der Waals surface area contributed by atoms with Gasteiger partial charge in [-0.25, -0.2) is 0 Å². The summed E-state index contributed by atoms with van der Waals surface area (Å²) in [5, 5.41) is 3.26. The van der Waals surface area contributed by atoms with Crippen LogP contribution in [0.5, 0.6) is 0 Å². The van der Waals surface area contributed by atoms with E-state index in [1.54, 1.807) is 0 Å². The first-order valence-corrected chi connectivity index (χ1v) is 11.4. The van der Waals surface area contributed by atoms with E-state index in [4.69, 9.17) is 5.73 Å². The van der Waals surface area contributed by atoms with Gasteiger partial charge in [-0.3, -0.25) is 9.69 Å². The van der Waals surface area contributed by atoms with Gasteiger partial charge in [-0.1, -0.05) is 37.6 Å². The molecule has 1 aromatic carbocycles. The molecule has 4 heteroatoms. The molecule has 2 aliphatic carbocycles. The fourth-order valence-electron chi connectivity index (χ4n) is 5.89. The van der Waals surface area contributed by atoms with Crippen molar-refractivity contribution < 1.29 is 4.79 Å². The number of amides is 1. The second kappa shape index (κ2) is 8.96. The van der Waals surface area contributed by atoms with E-state index < -0.39 is 0 Å². The molecule has 1 aromatic rings. The predicted octanol–water partition coefficient (Wildman–Crippen LogP) is 3.69. The Morgan fingerprint density at radius 3 is 2.54 bits per heavy atom. The third-order valence-corrected chi connectivity index (χ3v) is 7.49. The Hall–Kier alpha value is -1.39. The minimum absolute atomic E-state index is 0.158. The van der Waals surface area contributed by atoms with Gasteiger partial charge in [0.1, 0.15) is 0 Å². The topological polar surface area (TPSA) is 58.4 Å². The van der Waals surface area contributed by atoms with Crippen LogP contribution in [-0.4, -0.2) is 29.9 Å². The van der Waals surface area contributed by atoms with Gasteiger partial charge in [0.25, 0.3) is 0 Å². The van der Waals surface area contributed by atoms with Crippen LogP contribution in [0.25, 0.3) is 0 Å². The molecule has 0 radical (unpaired) electrons. The van der Waals surface area contributed by atoms with E-state index in [0.29, 0.717) is 24.4 Å². The lowest BCUT2D eigenvalue weighted by Crippen LogP contribution is -2.49. The molecule has 2 bridgehead atoms. The maximum absolute atomic E-state index is 12.9. The Kier molecular flexibility index (Phi) is 6.37. The second-order valence-electron chi connectivity index (χ2n) is 9.67. The number of piperidine rings is 1. The third kappa shape index (κ3) is 4.60. The van der Waals surface area contributed by atoms with Crippen molar-refractivity contribution in [1.29, 1.82) is 0 Å². The molecule has 1 saturated heterocycles. The standard InChI is InChI=1S/C24H37N3O/c1-17-6-5-11-27(15-17)16-21-8-3-2-7-20(21)14-26-24(28)22-12-18-9-4-10-19(13-22)23(18)25/h2-3,7-8,17-19,22-23H,4-6,9-16,25H2,1H3,(H,26,28). The molecule has 3 unspecified atom stereocenters. The maximum Gasteiger partial charge on any atom is 0.223 e. The Morgan fingerprint density at radius 2 is 1.82 bits per heavy atom. The van der Waals surface area contributed by atoms with Gasteiger partial charge in [-0.05, 0) is 74.0 Å². The van der Waals surface area contributed by atoms with Gasteiger partial charge in [-0.15, -0.1) is 0 Å². The van der Waals surface area contributed by atoms with E-state index in [-0.39, 0.29) is 11.8 Å². The molecule has 3 aliphatic rings. The number of rotatable bonds is 5. The van der Waals surface area contributed by atoms with E-state index in [1.807, 2.05) is 0 Å². The molecule has 3 N–H and O–H groups in total. The van der Waals surface area contributed by atoms with Crippen molar-refractivity contribution >= 4 is 5.91 Å². The number of nitrogens with zero attached hydrogens (tertiary/aromatic N) is 1. The largest absolute Gasteiger partial charge is 0.352 e. The number of carbonyl (C=O) groups excluding carboxylic acids is 1. The molecule has 0 aromatic heterocycles. The van der Waals surface area contributed by atoms with Crippen molar-refractivity contribution in [2.24, 2.45) is 29.4 Å². The van der Waals surface area contributed by atoms with Crippen LogP contribution in [-0.2, 0) is 17.9 Å². The quantitative estimate of drug-likeness (QED) is 0.815. The van der Waals surface area contributed by atoms with E-state index in [0.717, 1.165) is 25.3 Å². The summed E-state index contributed by atoms with van der Waals surface area (Å²) in [6.45, 7) is 6.38. The van der Waals surface area contributed by atoms with E-state index >= 15 is 0 Å². The highest BCUT2D eigenvalue weighted by Gasteiger charge is 2.40. The van der Waals surface area contributed by atoms with E-state index in [2.05, 4.69) is 41.4 Å². The first-order valence-electron chi connectivity index (χ1n) is 11.4. The van der Waals surface area contributed by atoms with E-state index in [9.17, 15) is 4.79 Å². The van der Waals surface area contributed by atoms with Crippen molar-refractivity contribution in [3.05, 3.63) is 35.4 Å². The first-order chi connectivity index (χ1) is 13.6. The second-order valence-corrected chi connectivity index (χ2v) is 9.67. The molecule has 4 rings (SSSR count). The summed E-state index contributed by atoms with van der Waals surface area (Å²) in [5.74, 6) is 2.29. The zero-order chi connectivity index (χ0) is 19.5. The highest BCUT2D eigenvalue weighted by molar-refractivity contribution is 5.78. The van der Waals surface area contributed by atoms with Gasteiger partial charge in [-0.2, -0.15) is 0 Å². The lowest BCUT2D eigenvalue weighted by molar-refractivity contribution is -0.128. The summed E-state index contributed by atoms with van der Waals surface area (Å²) >= 11 is 0. The Morgan fingerprint density at radius 1 is 1.11 bits per heavy atom. The SMILES string of the molecule is CC1CCCN(Cc2ccccc2CNC(=O)C2CC3CCCC(C2)C3N)C1. The molecule has 1 heterocycles. The van der Waals surface area contributed by atoms with Crippen molar-refractivity contribution in [3.63, 3.8) is 0 Å². The number of nitrogens with two attached hydrogens (primary N) is 1. The van der Waals surface area contributed by atoms with Crippen LogP contribution in [0.4, 0.5) is 0 Å². The monoisotopic (exact) mass is 383 g/mol. The zero-order valence-corrected chi connectivity index (χ0v) is 17.4. The van der Waals surface area contributed by atoms with Gasteiger partial charge in [0, 0.05) is 31.6 Å². The zero-order valence-electron chi connectivity index (χ0n) is 17.4. The fraction of sp³-hybridized carbons (Fsp3) is 0.708. The molecule has 3 atom stereocenters. The summed E-state index contributed by atoms with van der Waals surface area (Å²) in [6.07, 6.45) is 8.32. The number of nitrogens with one attached hydrogen (secondary N) is 1. The third-order valence-electron chi connectivity index (χ3n) is 7.49. The Bertz CT molecular complexity index is 662. The van der Waals surface area contributed by atoms with Crippen LogP contribution in [0.1, 0.15) is 63.0 Å². The van der Waals surface area contributed by atoms with Crippen molar-refractivity contribution in [1.82, 2.24) is 10.2 Å². The molecule has 3 fully saturated rings. The van der Waals surface area contributed by atoms with Crippen molar-refractivity contribution in [2.45, 2.75) is 71.0 Å². The number of likely N-dealkylation sites (tertiary alicyclic amines) is 1. The van der Waals surface area contributed by atoms with Crippen molar-refractivity contribution in [3.8, 4) is 0 Å². The summed E-state index contributed by atoms with van der Waals surface area (Å²) in [7, 11) is 0. The highest BCUT2D eigenvalue weighted by Crippen LogP contribution is 2.41. The van der Waals surface area contributed by atoms with Crippen LogP contribution in [0.2, 0.25) is 0 Å². The smallest absolute Gasteiger partial charge is 0.223 e. The highest BCUT2D eigenvalue weighted by atomic mass is 16.1. The van der Waals surface area contributed by atoms with Crippen LogP contribution in [0.15, 0.2) is 24.3 Å². The van der Waals surface area contributed by atoms with Crippen LogP contribution in [0.3, 0.4) is 0 Å². The maximum atomic E-state index is 12.9. The molecule has 1 amide bonds. The average molecular weight is 384 g/mol. The molecular weight excluding hydrogens is 346 g/mol. The minimum atomic E-state index is 0.158. The van der Waals surface area contributed by atoms with Crippen molar-refractivity contribution in [2.75, 3.05) is 13.1 Å². The fourth-order valence-corrected chi connectivity index (χ4v) is 5.89. The molecule has 1 aliphatic heterocycles. The number of benzene rings is 1. The first kappa shape index (κ1) is 19.9. The summed E-state index contributed by atoms with van der Waals surface area (Å²) < 4.78 is 0. The van der Waals surface area contributed by atoms with Gasteiger partial charge >= 0.3 is 0 Å². The van der Waals surface area contributed by atoms with Crippen LogP contribution < -0.4 is 11.1 Å². The lowest BCUT2D eigenvalue weighted by Gasteiger charge is -2.43. The summed E-state index contributed by atoms with van der Waals surface area (Å²) in [4.78, 5) is 15.5. The van der Waals surface area contributed by atoms with Gasteiger partial charge in [0.05, 0.1) is 0 Å². The summed E-state index contributed by atoms with van der Waals surface area (Å²) in [6, 6.07) is 8.94. The normalized spacial score (nSPS) is 33.4. The van der Waals surface area contributed by atoms with Gasteiger partial charge < -0.3 is 11.1 Å². The average Bonchev–Trinajstić information content (AvgIpc) is 2.67. The van der Waals surface area contributed by atoms with Crippen LogP contribution >= 0.6 is 0 Å². The van der Waals surface area contributed by atoms with E-state index in [1.165, 1.54) is 56.3 Å². The Balaban J connectivity index is 1.34. The minimum Gasteiger partial charge on any atom is -0.352 e. The number of fused-ring (bicyclic) bond motifs is 2. The number of hydrogen-bond donors (Lipinski definition) is 2. The van der Waals surface area contributed by atoms with Gasteiger partial charge in [0.2, 0.25) is 5.91 Å².